The van der Waals surface area contributed by atoms with Crippen molar-refractivity contribution in [1.82, 2.24) is 5.32 Å². The van der Waals surface area contributed by atoms with Crippen LogP contribution < -0.4 is 11.1 Å². The molecule has 0 aromatic heterocycles. The van der Waals surface area contributed by atoms with Crippen LogP contribution in [0.25, 0.3) is 0 Å². The van der Waals surface area contributed by atoms with Crippen LogP contribution in [-0.4, -0.2) is 5.91 Å². The highest BCUT2D eigenvalue weighted by Crippen LogP contribution is 2.15. The topological polar surface area (TPSA) is 55.1 Å². The van der Waals surface area contributed by atoms with Gasteiger partial charge in [0, 0.05) is 18.3 Å². The Balaban J connectivity index is 2.13. The van der Waals surface area contributed by atoms with Crippen molar-refractivity contribution in [3.8, 4) is 0 Å². The van der Waals surface area contributed by atoms with Gasteiger partial charge in [-0.15, -0.1) is 0 Å². The number of hydrogen-bond donors (Lipinski definition) is 2. The second-order valence-corrected chi connectivity index (χ2v) is 4.46. The minimum atomic E-state index is -0.883. The standard InChI is InChI=1S/C15H14F2N2O/c1-9-6-11(13(17)7-12(9)16)15(20)19-8-10-4-2-3-5-14(10)18/h2-7H,8,18H2,1H3,(H,19,20). The summed E-state index contributed by atoms with van der Waals surface area (Å²) in [5, 5.41) is 2.56. The predicted octanol–water partition coefficient (Wildman–Crippen LogP) is 2.79. The largest absolute Gasteiger partial charge is 0.398 e. The fraction of sp³-hybridized carbons (Fsp3) is 0.133. The number of halogens is 2. The first-order valence-electron chi connectivity index (χ1n) is 6.06. The number of hydrogen-bond acceptors (Lipinski definition) is 2. The third-order valence-corrected chi connectivity index (χ3v) is 2.99. The number of anilines is 1. The summed E-state index contributed by atoms with van der Waals surface area (Å²) in [6.07, 6.45) is 0. The third-order valence-electron chi connectivity index (χ3n) is 2.99. The molecule has 0 atom stereocenters. The summed E-state index contributed by atoms with van der Waals surface area (Å²) in [5.74, 6) is -2.16. The van der Waals surface area contributed by atoms with E-state index < -0.39 is 17.5 Å². The van der Waals surface area contributed by atoms with Crippen molar-refractivity contribution in [3.63, 3.8) is 0 Å². The first kappa shape index (κ1) is 14.0. The van der Waals surface area contributed by atoms with Crippen molar-refractivity contribution in [3.05, 3.63) is 64.7 Å². The maximum atomic E-state index is 13.6. The first-order valence-corrected chi connectivity index (χ1v) is 6.06. The van der Waals surface area contributed by atoms with E-state index in [9.17, 15) is 13.6 Å². The molecular weight excluding hydrogens is 262 g/mol. The van der Waals surface area contributed by atoms with E-state index in [-0.39, 0.29) is 17.7 Å². The summed E-state index contributed by atoms with van der Waals surface area (Å²) < 4.78 is 26.7. The average molecular weight is 276 g/mol. The van der Waals surface area contributed by atoms with E-state index in [1.807, 2.05) is 0 Å². The SMILES string of the molecule is Cc1cc(C(=O)NCc2ccccc2N)c(F)cc1F. The fourth-order valence-corrected chi connectivity index (χ4v) is 1.80. The van der Waals surface area contributed by atoms with Gasteiger partial charge in [0.25, 0.3) is 5.91 Å². The molecule has 2 rings (SSSR count). The van der Waals surface area contributed by atoms with E-state index in [0.717, 1.165) is 5.56 Å². The van der Waals surface area contributed by atoms with Gasteiger partial charge in [-0.25, -0.2) is 8.78 Å². The lowest BCUT2D eigenvalue weighted by Gasteiger charge is -2.09. The molecule has 0 fully saturated rings. The van der Waals surface area contributed by atoms with Crippen LogP contribution in [0.3, 0.4) is 0 Å². The van der Waals surface area contributed by atoms with Crippen LogP contribution in [0.15, 0.2) is 36.4 Å². The van der Waals surface area contributed by atoms with Gasteiger partial charge in [-0.1, -0.05) is 18.2 Å². The predicted molar refractivity (Wildman–Crippen MR) is 73.1 cm³/mol. The number of aryl methyl sites for hydroxylation is 1. The molecule has 0 saturated heterocycles. The maximum Gasteiger partial charge on any atom is 0.254 e. The lowest BCUT2D eigenvalue weighted by atomic mass is 10.1. The second-order valence-electron chi connectivity index (χ2n) is 4.46. The number of amides is 1. The molecule has 5 heteroatoms. The third kappa shape index (κ3) is 2.93. The fourth-order valence-electron chi connectivity index (χ4n) is 1.80. The van der Waals surface area contributed by atoms with Gasteiger partial charge in [0.2, 0.25) is 0 Å². The van der Waals surface area contributed by atoms with Gasteiger partial charge in [-0.3, -0.25) is 4.79 Å². The summed E-state index contributed by atoms with van der Waals surface area (Å²) in [5.41, 5.74) is 7.06. The number of nitrogens with two attached hydrogens (primary N) is 1. The van der Waals surface area contributed by atoms with Crippen molar-refractivity contribution in [2.45, 2.75) is 13.5 Å². The molecule has 3 N–H and O–H groups in total. The number of nitrogens with one attached hydrogen (secondary N) is 1. The molecule has 0 aliphatic heterocycles. The number of rotatable bonds is 3. The molecule has 20 heavy (non-hydrogen) atoms. The Kier molecular flexibility index (Phi) is 3.98. The number of carbonyl (C=O) groups excluding carboxylic acids is 1. The molecule has 0 bridgehead atoms. The Hall–Kier alpha value is -2.43. The van der Waals surface area contributed by atoms with Crippen molar-refractivity contribution < 1.29 is 13.6 Å². The van der Waals surface area contributed by atoms with Crippen LogP contribution in [0.5, 0.6) is 0 Å². The Morgan fingerprint density at radius 3 is 2.60 bits per heavy atom. The molecule has 0 heterocycles. The van der Waals surface area contributed by atoms with E-state index >= 15 is 0 Å². The zero-order chi connectivity index (χ0) is 14.7. The highest BCUT2D eigenvalue weighted by atomic mass is 19.1. The maximum absolute atomic E-state index is 13.6. The van der Waals surface area contributed by atoms with E-state index in [1.165, 1.54) is 13.0 Å². The minimum Gasteiger partial charge on any atom is -0.398 e. The van der Waals surface area contributed by atoms with Crippen LogP contribution in [0.1, 0.15) is 21.5 Å². The van der Waals surface area contributed by atoms with Crippen LogP contribution in [0, 0.1) is 18.6 Å². The highest BCUT2D eigenvalue weighted by Gasteiger charge is 2.14. The number of benzene rings is 2. The van der Waals surface area contributed by atoms with Gasteiger partial charge in [0.15, 0.2) is 0 Å². The summed E-state index contributed by atoms with van der Waals surface area (Å²) in [4.78, 5) is 11.9. The molecule has 0 saturated carbocycles. The minimum absolute atomic E-state index is 0.182. The van der Waals surface area contributed by atoms with Crippen LogP contribution in [-0.2, 0) is 6.54 Å². The average Bonchev–Trinajstić information content (AvgIpc) is 2.41. The van der Waals surface area contributed by atoms with Gasteiger partial charge >= 0.3 is 0 Å². The molecule has 2 aromatic rings. The van der Waals surface area contributed by atoms with E-state index in [1.54, 1.807) is 24.3 Å². The number of para-hydroxylation sites is 1. The van der Waals surface area contributed by atoms with E-state index in [2.05, 4.69) is 5.32 Å². The first-order chi connectivity index (χ1) is 9.49. The van der Waals surface area contributed by atoms with Gasteiger partial charge in [0.1, 0.15) is 11.6 Å². The molecular formula is C15H14F2N2O. The zero-order valence-electron chi connectivity index (χ0n) is 10.9. The van der Waals surface area contributed by atoms with Gasteiger partial charge in [-0.05, 0) is 30.2 Å². The van der Waals surface area contributed by atoms with Gasteiger partial charge < -0.3 is 11.1 Å². The Morgan fingerprint density at radius 1 is 1.20 bits per heavy atom. The summed E-state index contributed by atoms with van der Waals surface area (Å²) in [6.45, 7) is 1.65. The van der Waals surface area contributed by atoms with Crippen LogP contribution in [0.2, 0.25) is 0 Å². The Labute approximate surface area is 115 Å². The van der Waals surface area contributed by atoms with Crippen LogP contribution in [0.4, 0.5) is 14.5 Å². The van der Waals surface area contributed by atoms with Crippen molar-refractivity contribution in [1.29, 1.82) is 0 Å². The van der Waals surface area contributed by atoms with Crippen molar-refractivity contribution in [2.24, 2.45) is 0 Å². The lowest BCUT2D eigenvalue weighted by molar-refractivity contribution is 0.0947. The number of carbonyl (C=O) groups is 1. The summed E-state index contributed by atoms with van der Waals surface area (Å²) in [6, 6.07) is 8.95. The van der Waals surface area contributed by atoms with E-state index in [0.29, 0.717) is 11.8 Å². The molecule has 104 valence electrons. The molecule has 0 aliphatic rings. The van der Waals surface area contributed by atoms with Crippen molar-refractivity contribution >= 4 is 11.6 Å². The number of nitrogen functional groups attached to an aromatic ring is 1. The van der Waals surface area contributed by atoms with Gasteiger partial charge in [0.05, 0.1) is 5.56 Å². The monoisotopic (exact) mass is 276 g/mol. The Bertz CT molecular complexity index is 656. The van der Waals surface area contributed by atoms with Gasteiger partial charge in [-0.2, -0.15) is 0 Å². The molecule has 2 aromatic carbocycles. The molecule has 0 radical (unpaired) electrons. The molecule has 3 nitrogen and oxygen atoms in total. The Morgan fingerprint density at radius 2 is 1.90 bits per heavy atom. The molecule has 1 amide bonds. The van der Waals surface area contributed by atoms with Crippen molar-refractivity contribution in [2.75, 3.05) is 5.73 Å². The summed E-state index contributed by atoms with van der Waals surface area (Å²) >= 11 is 0. The van der Waals surface area contributed by atoms with E-state index in [4.69, 9.17) is 5.73 Å². The highest BCUT2D eigenvalue weighted by molar-refractivity contribution is 5.94. The molecule has 0 spiro atoms. The second kappa shape index (κ2) is 5.69. The molecule has 0 aliphatic carbocycles. The molecule has 0 unspecified atom stereocenters. The zero-order valence-corrected chi connectivity index (χ0v) is 10.9. The summed E-state index contributed by atoms with van der Waals surface area (Å²) in [7, 11) is 0. The smallest absolute Gasteiger partial charge is 0.254 e. The quantitative estimate of drug-likeness (QED) is 0.847. The normalized spacial score (nSPS) is 10.3. The lowest BCUT2D eigenvalue weighted by Crippen LogP contribution is -2.24. The van der Waals surface area contributed by atoms with Crippen LogP contribution >= 0.6 is 0 Å².